The lowest BCUT2D eigenvalue weighted by Gasteiger charge is -2.36. The van der Waals surface area contributed by atoms with Gasteiger partial charge in [0.05, 0.1) is 28.4 Å². The third kappa shape index (κ3) is 3.14. The molecule has 2 aromatic heterocycles. The van der Waals surface area contributed by atoms with Gasteiger partial charge in [-0.05, 0) is 75.1 Å². The van der Waals surface area contributed by atoms with E-state index in [4.69, 9.17) is 9.15 Å². The standard InChI is InChI=1S/C33H33N2O2/c1-19-12-14-21-22-15-13-20(18-34)27(29(22)36-28(21)26(19)25-11-9-10-16-35(25)8)23-17-24-30(31(23,2)3)33(6,7)37-32(24,4)5/h9-17H,1-8H3/q+1. The molecule has 1 aliphatic carbocycles. The van der Waals surface area contributed by atoms with Crippen molar-refractivity contribution in [3.63, 3.8) is 0 Å². The van der Waals surface area contributed by atoms with E-state index in [0.29, 0.717) is 5.56 Å². The largest absolute Gasteiger partial charge is 0.454 e. The number of ether oxygens (including phenoxy) is 1. The van der Waals surface area contributed by atoms with Gasteiger partial charge in [-0.3, -0.25) is 0 Å². The molecule has 0 atom stereocenters. The summed E-state index contributed by atoms with van der Waals surface area (Å²) in [5.74, 6) is 0. The van der Waals surface area contributed by atoms with Crippen LogP contribution in [0.3, 0.4) is 0 Å². The molecule has 4 aromatic rings. The summed E-state index contributed by atoms with van der Waals surface area (Å²) in [6, 6.07) is 17.0. The second-order valence-corrected chi connectivity index (χ2v) is 12.0. The molecule has 2 aliphatic rings. The van der Waals surface area contributed by atoms with Gasteiger partial charge in [0, 0.05) is 33.9 Å². The third-order valence-electron chi connectivity index (χ3n) is 8.34. The van der Waals surface area contributed by atoms with Gasteiger partial charge < -0.3 is 9.15 Å². The lowest BCUT2D eigenvalue weighted by Crippen LogP contribution is -2.34. The highest BCUT2D eigenvalue weighted by molar-refractivity contribution is 6.13. The maximum atomic E-state index is 10.2. The smallest absolute Gasteiger partial charge is 0.216 e. The highest BCUT2D eigenvalue weighted by Gasteiger charge is 2.54. The van der Waals surface area contributed by atoms with Crippen LogP contribution in [0.4, 0.5) is 0 Å². The van der Waals surface area contributed by atoms with Gasteiger partial charge >= 0.3 is 0 Å². The van der Waals surface area contributed by atoms with Gasteiger partial charge in [0.15, 0.2) is 6.20 Å². The first-order valence-corrected chi connectivity index (χ1v) is 12.9. The fourth-order valence-corrected chi connectivity index (χ4v) is 7.01. The zero-order chi connectivity index (χ0) is 26.5. The molecule has 0 spiro atoms. The monoisotopic (exact) mass is 489 g/mol. The number of nitriles is 1. The Labute approximate surface area is 218 Å². The first-order valence-electron chi connectivity index (χ1n) is 12.9. The van der Waals surface area contributed by atoms with Crippen molar-refractivity contribution in [3.05, 3.63) is 82.6 Å². The van der Waals surface area contributed by atoms with E-state index in [1.807, 2.05) is 18.2 Å². The number of rotatable bonds is 2. The summed E-state index contributed by atoms with van der Waals surface area (Å²) in [5.41, 5.74) is 8.96. The maximum Gasteiger partial charge on any atom is 0.216 e. The third-order valence-corrected chi connectivity index (χ3v) is 8.34. The molecule has 0 saturated heterocycles. The number of allylic oxidation sites excluding steroid dienone is 1. The number of hydrogen-bond acceptors (Lipinski definition) is 3. The number of nitrogens with zero attached hydrogens (tertiary/aromatic N) is 2. The number of fused-ring (bicyclic) bond motifs is 3. The van der Waals surface area contributed by atoms with Gasteiger partial charge in [-0.25, -0.2) is 4.57 Å². The van der Waals surface area contributed by atoms with E-state index in [9.17, 15) is 5.26 Å². The number of benzene rings is 2. The summed E-state index contributed by atoms with van der Waals surface area (Å²) in [7, 11) is 2.06. The molecule has 186 valence electrons. The number of aromatic nitrogens is 1. The van der Waals surface area contributed by atoms with Crippen LogP contribution in [0.25, 0.3) is 38.8 Å². The van der Waals surface area contributed by atoms with E-state index in [1.165, 1.54) is 11.1 Å². The fourth-order valence-electron chi connectivity index (χ4n) is 7.01. The summed E-state index contributed by atoms with van der Waals surface area (Å²) in [5, 5.41) is 12.3. The van der Waals surface area contributed by atoms with E-state index >= 15 is 0 Å². The molecule has 0 saturated carbocycles. The van der Waals surface area contributed by atoms with E-state index in [-0.39, 0.29) is 5.41 Å². The molecule has 4 heteroatoms. The van der Waals surface area contributed by atoms with E-state index in [2.05, 4.69) is 103 Å². The summed E-state index contributed by atoms with van der Waals surface area (Å²) >= 11 is 0. The zero-order valence-electron chi connectivity index (χ0n) is 22.9. The topological polar surface area (TPSA) is 50.0 Å². The van der Waals surface area contributed by atoms with Crippen molar-refractivity contribution in [2.45, 2.75) is 59.7 Å². The van der Waals surface area contributed by atoms with Crippen LogP contribution in [0.15, 0.2) is 70.3 Å². The quantitative estimate of drug-likeness (QED) is 0.273. The minimum Gasteiger partial charge on any atom is -0.454 e. The molecule has 4 nitrogen and oxygen atoms in total. The molecule has 0 N–H and O–H groups in total. The average molecular weight is 490 g/mol. The maximum absolute atomic E-state index is 10.2. The number of pyridine rings is 1. The Hall–Kier alpha value is -3.68. The zero-order valence-corrected chi connectivity index (χ0v) is 22.9. The van der Waals surface area contributed by atoms with Crippen LogP contribution in [0.2, 0.25) is 0 Å². The van der Waals surface area contributed by atoms with Crippen molar-refractivity contribution in [1.82, 2.24) is 0 Å². The van der Waals surface area contributed by atoms with Crippen LogP contribution in [-0.2, 0) is 11.8 Å². The van der Waals surface area contributed by atoms with Crippen molar-refractivity contribution >= 4 is 27.5 Å². The summed E-state index contributed by atoms with van der Waals surface area (Å²) in [6.45, 7) is 15.2. The van der Waals surface area contributed by atoms with Gasteiger partial charge in [-0.2, -0.15) is 5.26 Å². The van der Waals surface area contributed by atoms with Gasteiger partial charge in [0.25, 0.3) is 0 Å². The molecular weight excluding hydrogens is 456 g/mol. The second kappa shape index (κ2) is 7.43. The number of hydrogen-bond donors (Lipinski definition) is 0. The Bertz CT molecular complexity index is 1750. The predicted octanol–water partition coefficient (Wildman–Crippen LogP) is 7.56. The molecule has 0 fully saturated rings. The van der Waals surface area contributed by atoms with E-state index in [1.54, 1.807) is 0 Å². The number of furan rings is 1. The lowest BCUT2D eigenvalue weighted by atomic mass is 9.71. The molecule has 0 radical (unpaired) electrons. The Balaban J connectivity index is 1.69. The lowest BCUT2D eigenvalue weighted by molar-refractivity contribution is -0.660. The molecular formula is C33H33N2O2+. The summed E-state index contributed by atoms with van der Waals surface area (Å²) in [6.07, 6.45) is 4.32. The van der Waals surface area contributed by atoms with Crippen LogP contribution in [-0.4, -0.2) is 11.2 Å². The first-order chi connectivity index (χ1) is 17.4. The van der Waals surface area contributed by atoms with Gasteiger partial charge in [-0.1, -0.05) is 32.1 Å². The minimum absolute atomic E-state index is 0.323. The molecule has 6 rings (SSSR count). The van der Waals surface area contributed by atoms with E-state index in [0.717, 1.165) is 49.9 Å². The number of aryl methyl sites for hydroxylation is 2. The first kappa shape index (κ1) is 23.7. The summed E-state index contributed by atoms with van der Waals surface area (Å²) in [4.78, 5) is 0. The van der Waals surface area contributed by atoms with Crippen molar-refractivity contribution in [1.29, 1.82) is 5.26 Å². The fraction of sp³-hybridized carbons (Fsp3) is 0.333. The van der Waals surface area contributed by atoms with Crippen molar-refractivity contribution in [3.8, 4) is 17.3 Å². The molecule has 0 unspecified atom stereocenters. The molecule has 0 amide bonds. The highest BCUT2D eigenvalue weighted by atomic mass is 16.5. The minimum atomic E-state index is -0.404. The van der Waals surface area contributed by atoms with Crippen LogP contribution in [0, 0.1) is 23.7 Å². The Morgan fingerprint density at radius 2 is 1.51 bits per heavy atom. The van der Waals surface area contributed by atoms with Crippen LogP contribution < -0.4 is 4.57 Å². The van der Waals surface area contributed by atoms with Crippen molar-refractivity contribution in [2.75, 3.05) is 0 Å². The van der Waals surface area contributed by atoms with Crippen molar-refractivity contribution < 1.29 is 13.7 Å². The highest BCUT2D eigenvalue weighted by Crippen LogP contribution is 2.60. The Morgan fingerprint density at radius 3 is 2.16 bits per heavy atom. The molecule has 37 heavy (non-hydrogen) atoms. The van der Waals surface area contributed by atoms with Crippen LogP contribution in [0.5, 0.6) is 0 Å². The van der Waals surface area contributed by atoms with Gasteiger partial charge in [-0.15, -0.1) is 0 Å². The predicted molar refractivity (Wildman–Crippen MR) is 148 cm³/mol. The van der Waals surface area contributed by atoms with E-state index < -0.39 is 11.2 Å². The Kier molecular flexibility index (Phi) is 4.76. The van der Waals surface area contributed by atoms with Gasteiger partial charge in [0.2, 0.25) is 5.69 Å². The van der Waals surface area contributed by atoms with Crippen LogP contribution in [0.1, 0.15) is 58.2 Å². The summed E-state index contributed by atoms with van der Waals surface area (Å²) < 4.78 is 15.4. The Morgan fingerprint density at radius 1 is 0.838 bits per heavy atom. The van der Waals surface area contributed by atoms with Crippen molar-refractivity contribution in [2.24, 2.45) is 12.5 Å². The molecule has 1 aliphatic heterocycles. The average Bonchev–Trinajstić information content (AvgIpc) is 3.39. The molecule has 0 bridgehead atoms. The molecule has 3 heterocycles. The van der Waals surface area contributed by atoms with Crippen LogP contribution >= 0.6 is 0 Å². The van der Waals surface area contributed by atoms with Gasteiger partial charge in [0.1, 0.15) is 18.2 Å². The SMILES string of the molecule is Cc1ccc2c(oc3c(C4=CC5=C(C(C)(C)OC5(C)C)C4(C)C)c(C#N)ccc32)c1-c1cccc[n+]1C. The second-order valence-electron chi connectivity index (χ2n) is 12.0. The molecule has 2 aromatic carbocycles. The normalized spacial score (nSPS) is 19.4.